The number of ketones is 1. The number of aliphatic hydroxyl groups is 2. The Bertz CT molecular complexity index is 4670. The van der Waals surface area contributed by atoms with E-state index < -0.39 is 94.3 Å². The lowest BCUT2D eigenvalue weighted by molar-refractivity contribution is -0.160. The van der Waals surface area contributed by atoms with Crippen LogP contribution in [0.15, 0.2) is 206 Å². The number of anilines is 1. The zero-order chi connectivity index (χ0) is 77.7. The molecule has 0 radical (unpaired) electrons. The van der Waals surface area contributed by atoms with Crippen molar-refractivity contribution in [2.45, 2.75) is 110 Å². The van der Waals surface area contributed by atoms with E-state index in [9.17, 15) is 39.9 Å². The van der Waals surface area contributed by atoms with Gasteiger partial charge in [-0.1, -0.05) is 189 Å². The molecule has 5 bridgehead atoms. The summed E-state index contributed by atoms with van der Waals surface area (Å²) in [5.74, 6) is -8.34. The maximum absolute atomic E-state index is 14.4. The number of benzene rings is 7. The summed E-state index contributed by atoms with van der Waals surface area (Å²) in [6.07, 6.45) is 15.7. The standard InChI is InChI=1S/C43H58N4O12.C22H17ClN2.C18H15Cl3N2O/c1-21-12-11-13-22(2)42(55)45-33-28(20-44-47-17-15-46(9)16-18-47)37(52)30-31(38(33)53)36(51)26(6)40-32(30)41(54)43(8,59-40)57-19-14-29(56-10)23(3)39(58-27(7)48)25(5)35(50)24(4)34(21)49;23-21-14-8-7-13-20(21)22(25-16-15-24-17-25,18-9-3-1-4-10-18)19-11-5-2-6-12-19;19-14-3-1-13(2-4-14)11-24-18(10-23-8-7-22-12-23)16-6-5-15(20)9-17(16)21/h11-14,19-21,23-25,29,34-35,39,49-53H,15-18H2,1-10H3,(H,45,55);1-17H;1-9,12,18H,10-11H2/b12-11+,19-14+,22-13-,44-20+;;/t21-,23+,24+,25+,29-,34-,35+,39+,43-;;/m0../s1. The molecule has 6 N–H and O–H groups in total. The first-order chi connectivity index (χ1) is 51.7. The van der Waals surface area contributed by atoms with E-state index in [4.69, 9.17) is 70.1 Å². The summed E-state index contributed by atoms with van der Waals surface area (Å²) in [6, 6.07) is 41.9. The second kappa shape index (κ2) is 36.1. The number of halogens is 4. The summed E-state index contributed by atoms with van der Waals surface area (Å²) >= 11 is 25.0. The van der Waals surface area contributed by atoms with Gasteiger partial charge in [0.05, 0.1) is 78.8 Å². The van der Waals surface area contributed by atoms with E-state index in [1.165, 1.54) is 59.4 Å². The average Bonchev–Trinajstić information content (AvgIpc) is 1.47. The van der Waals surface area contributed by atoms with Gasteiger partial charge >= 0.3 is 11.8 Å². The number of imidazole rings is 2. The highest BCUT2D eigenvalue weighted by Crippen LogP contribution is 2.55. The fourth-order valence-corrected chi connectivity index (χ4v) is 14.7. The smallest absolute Gasteiger partial charge is 0.312 e. The molecule has 1 unspecified atom stereocenters. The molecule has 0 aliphatic carbocycles. The summed E-state index contributed by atoms with van der Waals surface area (Å²) in [4.78, 5) is 51.0. The summed E-state index contributed by atoms with van der Waals surface area (Å²) in [5.41, 5.74) is 4.28. The number of nitrogens with one attached hydrogen (secondary N) is 1. The molecule has 4 aliphatic rings. The number of likely N-dealkylation sites (N-methyl/N-ethyl adjacent to an activating group) is 1. The van der Waals surface area contributed by atoms with Crippen LogP contribution in [0.4, 0.5) is 5.69 Å². The number of phenols is 3. The number of aliphatic hydroxyl groups excluding tert-OH is 2. The van der Waals surface area contributed by atoms with Crippen molar-refractivity contribution >= 4 is 86.7 Å². The van der Waals surface area contributed by atoms with Gasteiger partial charge in [0.15, 0.2) is 5.75 Å². The third kappa shape index (κ3) is 18.1. The van der Waals surface area contributed by atoms with Crippen LogP contribution >= 0.6 is 46.4 Å². The minimum atomic E-state index is -2.04. The van der Waals surface area contributed by atoms with E-state index in [0.717, 1.165) is 45.9 Å². The molecule has 2 aromatic heterocycles. The lowest BCUT2D eigenvalue weighted by Gasteiger charge is -2.38. The molecule has 9 aromatic rings. The van der Waals surface area contributed by atoms with Gasteiger partial charge in [0.25, 0.3) is 11.7 Å². The minimum absolute atomic E-state index is 0.0559. The van der Waals surface area contributed by atoms with E-state index in [1.807, 2.05) is 97.1 Å². The molecule has 1 fully saturated rings. The maximum Gasteiger partial charge on any atom is 0.312 e. The predicted octanol–water partition coefficient (Wildman–Crippen LogP) is 15.5. The lowest BCUT2D eigenvalue weighted by Crippen LogP contribution is -2.46. The molecule has 0 saturated carbocycles. The number of allylic oxidation sites excluding steroid dienone is 2. The van der Waals surface area contributed by atoms with Gasteiger partial charge in [-0.05, 0) is 74.0 Å². The molecular weight excluding hydrogens is 1460 g/mol. The highest BCUT2D eigenvalue weighted by Gasteiger charge is 2.50. The van der Waals surface area contributed by atoms with Crippen molar-refractivity contribution in [2.75, 3.05) is 45.7 Å². The van der Waals surface area contributed by atoms with Crippen LogP contribution in [0.25, 0.3) is 10.8 Å². The Kier molecular flexibility index (Phi) is 27.1. The molecule has 1 amide bonds. The van der Waals surface area contributed by atoms with Crippen LogP contribution in [-0.2, 0) is 47.2 Å². The molecule has 0 spiro atoms. The van der Waals surface area contributed by atoms with Crippen LogP contribution in [0.5, 0.6) is 23.0 Å². The molecule has 10 atom stereocenters. The van der Waals surface area contributed by atoms with Gasteiger partial charge < -0.3 is 68.6 Å². The molecular formula is C83H90Cl4N8O13. The molecule has 4 aliphatic heterocycles. The van der Waals surface area contributed by atoms with Gasteiger partial charge in [0, 0.05) is 143 Å². The second-order valence-corrected chi connectivity index (χ2v) is 29.1. The molecule has 568 valence electrons. The van der Waals surface area contributed by atoms with Crippen molar-refractivity contribution in [2.24, 2.45) is 28.8 Å². The fourth-order valence-electron chi connectivity index (χ4n) is 13.8. The van der Waals surface area contributed by atoms with E-state index >= 15 is 0 Å². The number of aromatic hydroxyl groups is 3. The van der Waals surface area contributed by atoms with Gasteiger partial charge in [-0.15, -0.1) is 0 Å². The van der Waals surface area contributed by atoms with Gasteiger partial charge in [-0.2, -0.15) is 5.10 Å². The number of aromatic nitrogens is 4. The SMILES string of the molecule is CO[C@H]1/C=C/O[C@@]2(C)Oc3c(C)c(O)c4c(O)c(c(/C=N/N5CCN(C)CC5)c(O)c4c3C2=O)NC(=O)/C(C)=C\C=C\[C@H](C)[C@H](O)[C@@H](C)[C@@H](O)[C@@H](C)[C@H](OC(C)=O)[C@@H]1C.Clc1ccc(COC(Cn2ccnc2)c2ccc(Cl)cc2Cl)cc1.Clc1ccccc1C(c1ccccc1)(c1ccccc1)n1ccnc1. The zero-order valence-corrected chi connectivity index (χ0v) is 64.7. The number of amides is 1. The molecule has 1 saturated heterocycles. The van der Waals surface area contributed by atoms with E-state index in [1.54, 1.807) is 69.6 Å². The number of hydrazone groups is 1. The van der Waals surface area contributed by atoms with Gasteiger partial charge in [0.1, 0.15) is 35.0 Å². The first-order valence-electron chi connectivity index (χ1n) is 35.3. The van der Waals surface area contributed by atoms with Crippen molar-refractivity contribution in [1.82, 2.24) is 29.0 Å². The number of rotatable bonds is 14. The van der Waals surface area contributed by atoms with Gasteiger partial charge in [-0.25, -0.2) is 9.97 Å². The van der Waals surface area contributed by atoms with Crippen LogP contribution in [0.1, 0.15) is 104 Å². The number of hydrogen-bond acceptors (Lipinski definition) is 18. The number of Topliss-reactive ketones (excluding diaryl/α,β-unsaturated/α-hetero) is 1. The van der Waals surface area contributed by atoms with Crippen molar-refractivity contribution < 1.29 is 63.6 Å². The molecule has 6 heterocycles. The third-order valence-corrected chi connectivity index (χ3v) is 21.2. The lowest BCUT2D eigenvalue weighted by atomic mass is 9.76. The van der Waals surface area contributed by atoms with Crippen molar-refractivity contribution in [3.05, 3.63) is 266 Å². The number of methoxy groups -OCH3 is 1. The average molecular weight is 1550 g/mol. The van der Waals surface area contributed by atoms with Crippen LogP contribution in [0, 0.1) is 30.6 Å². The van der Waals surface area contributed by atoms with Gasteiger partial charge in [0.2, 0.25) is 0 Å². The summed E-state index contributed by atoms with van der Waals surface area (Å²) in [6.45, 7) is 16.2. The second-order valence-electron chi connectivity index (χ2n) is 27.4. The van der Waals surface area contributed by atoms with Crippen LogP contribution < -0.4 is 10.1 Å². The Morgan fingerprint density at radius 2 is 1.40 bits per heavy atom. The molecule has 13 rings (SSSR count). The number of carbonyl (C=O) groups is 3. The monoisotopic (exact) mass is 1550 g/mol. The predicted molar refractivity (Wildman–Crippen MR) is 420 cm³/mol. The van der Waals surface area contributed by atoms with Crippen LogP contribution in [0.2, 0.25) is 20.1 Å². The van der Waals surface area contributed by atoms with Gasteiger partial charge in [-0.3, -0.25) is 19.4 Å². The zero-order valence-electron chi connectivity index (χ0n) is 61.6. The Balaban J connectivity index is 0.000000206. The number of ether oxygens (including phenoxy) is 5. The van der Waals surface area contributed by atoms with Crippen molar-refractivity contribution in [3.63, 3.8) is 0 Å². The van der Waals surface area contributed by atoms with E-state index in [-0.39, 0.29) is 50.6 Å². The number of carbonyl (C=O) groups excluding carboxylic acids is 3. The maximum atomic E-state index is 14.4. The summed E-state index contributed by atoms with van der Waals surface area (Å²) in [7, 11) is 3.42. The first-order valence-corrected chi connectivity index (χ1v) is 36.9. The Hall–Kier alpha value is -9.52. The number of hydrogen-bond donors (Lipinski definition) is 6. The number of esters is 1. The highest BCUT2D eigenvalue weighted by atomic mass is 35.5. The Morgan fingerprint density at radius 1 is 0.759 bits per heavy atom. The molecule has 25 heteroatoms. The number of phenolic OH excluding ortho intramolecular Hbond substituents is 3. The largest absolute Gasteiger partial charge is 0.507 e. The van der Waals surface area contributed by atoms with Crippen molar-refractivity contribution in [3.8, 4) is 23.0 Å². The van der Waals surface area contributed by atoms with E-state index in [2.05, 4.69) is 84.5 Å². The topological polar surface area (TPSA) is 265 Å². The highest BCUT2D eigenvalue weighted by molar-refractivity contribution is 6.35. The number of piperazine rings is 1. The summed E-state index contributed by atoms with van der Waals surface area (Å²) < 4.78 is 33.8. The van der Waals surface area contributed by atoms with Crippen LogP contribution in [0.3, 0.4) is 0 Å². The Morgan fingerprint density at radius 3 is 2.01 bits per heavy atom. The third-order valence-electron chi connectivity index (χ3n) is 20.0. The number of fused-ring (bicyclic) bond motifs is 14. The number of nitrogens with zero attached hydrogens (tertiary/aromatic N) is 7. The Labute approximate surface area is 648 Å². The van der Waals surface area contributed by atoms with Crippen molar-refractivity contribution in [1.29, 1.82) is 0 Å². The van der Waals surface area contributed by atoms with Crippen LogP contribution in [-0.4, -0.2) is 149 Å². The van der Waals surface area contributed by atoms with E-state index in [0.29, 0.717) is 41.3 Å². The molecule has 7 aromatic carbocycles. The molecule has 21 nitrogen and oxygen atoms in total. The fraction of sp³-hybridized carbons (Fsp3) is 0.325. The quantitative estimate of drug-likeness (QED) is 0.0194. The summed E-state index contributed by atoms with van der Waals surface area (Å²) in [5, 5.41) is 69.5. The first kappa shape index (κ1) is 81.0. The molecule has 108 heavy (non-hydrogen) atoms. The normalized spacial score (nSPS) is 22.9. The minimum Gasteiger partial charge on any atom is -0.507 e.